The third kappa shape index (κ3) is 4.41. The molecule has 2 heteroatoms. The Morgan fingerprint density at radius 3 is 2.35 bits per heavy atom. The van der Waals surface area contributed by atoms with E-state index < -0.39 is 0 Å². The summed E-state index contributed by atoms with van der Waals surface area (Å²) >= 11 is 0. The van der Waals surface area contributed by atoms with Gasteiger partial charge in [-0.2, -0.15) is 0 Å². The highest BCUT2D eigenvalue weighted by Crippen LogP contribution is 2.31. The smallest absolute Gasteiger partial charge is 0.00235 e. The molecule has 0 aliphatic heterocycles. The van der Waals surface area contributed by atoms with Crippen LogP contribution in [0.25, 0.3) is 0 Å². The first-order chi connectivity index (χ1) is 8.38. The SMILES string of the molecule is CNCC1CCC(CPc2ccccc2)CC1. The van der Waals surface area contributed by atoms with E-state index in [1.807, 2.05) is 0 Å². The summed E-state index contributed by atoms with van der Waals surface area (Å²) in [6.07, 6.45) is 7.18. The fourth-order valence-corrected chi connectivity index (χ4v) is 4.11. The predicted molar refractivity (Wildman–Crippen MR) is 78.6 cm³/mol. The minimum Gasteiger partial charge on any atom is -0.319 e. The molecule has 0 saturated heterocycles. The Balaban J connectivity index is 1.68. The minimum absolute atomic E-state index is 0.941. The van der Waals surface area contributed by atoms with E-state index >= 15 is 0 Å². The highest BCUT2D eigenvalue weighted by Gasteiger charge is 2.20. The molecular weight excluding hydrogens is 225 g/mol. The molecule has 1 aliphatic rings. The standard InChI is InChI=1S/C15H24NP/c1-16-11-13-7-9-14(10-8-13)12-17-15-5-3-2-4-6-15/h2-6,13-14,16-17H,7-12H2,1H3. The topological polar surface area (TPSA) is 12.0 Å². The van der Waals surface area contributed by atoms with E-state index in [1.54, 1.807) is 0 Å². The lowest BCUT2D eigenvalue weighted by Crippen LogP contribution is -2.24. The van der Waals surface area contributed by atoms with Gasteiger partial charge in [-0.3, -0.25) is 0 Å². The Bertz CT molecular complexity index is 304. The van der Waals surface area contributed by atoms with Gasteiger partial charge in [-0.05, 0) is 62.6 Å². The molecule has 1 aliphatic carbocycles. The second-order valence-corrected chi connectivity index (χ2v) is 6.53. The maximum Gasteiger partial charge on any atom is -0.00235 e. The molecule has 2 rings (SSSR count). The number of hydrogen-bond donors (Lipinski definition) is 1. The minimum atomic E-state index is 0.941. The molecular formula is C15H24NP. The van der Waals surface area contributed by atoms with Crippen molar-refractivity contribution in [1.82, 2.24) is 5.32 Å². The van der Waals surface area contributed by atoms with Gasteiger partial charge in [-0.1, -0.05) is 38.9 Å². The van der Waals surface area contributed by atoms with E-state index in [-0.39, 0.29) is 0 Å². The van der Waals surface area contributed by atoms with Crippen LogP contribution in [-0.2, 0) is 0 Å². The van der Waals surface area contributed by atoms with Gasteiger partial charge in [-0.15, -0.1) is 0 Å². The maximum atomic E-state index is 3.31. The van der Waals surface area contributed by atoms with Crippen LogP contribution in [0.1, 0.15) is 25.7 Å². The Morgan fingerprint density at radius 2 is 1.71 bits per heavy atom. The fraction of sp³-hybridized carbons (Fsp3) is 0.600. The Hall–Kier alpha value is -0.390. The Morgan fingerprint density at radius 1 is 1.06 bits per heavy atom. The highest BCUT2D eigenvalue weighted by atomic mass is 31.1. The average molecular weight is 249 g/mol. The van der Waals surface area contributed by atoms with Gasteiger partial charge in [0.2, 0.25) is 0 Å². The number of hydrogen-bond acceptors (Lipinski definition) is 1. The van der Waals surface area contributed by atoms with Crippen molar-refractivity contribution in [3.63, 3.8) is 0 Å². The van der Waals surface area contributed by atoms with Crippen molar-refractivity contribution in [2.45, 2.75) is 25.7 Å². The summed E-state index contributed by atoms with van der Waals surface area (Å²) in [5, 5.41) is 4.84. The van der Waals surface area contributed by atoms with Gasteiger partial charge in [0.25, 0.3) is 0 Å². The molecule has 0 aromatic heterocycles. The van der Waals surface area contributed by atoms with E-state index in [0.717, 1.165) is 20.4 Å². The molecule has 1 N–H and O–H groups in total. The Labute approximate surface area is 107 Å². The van der Waals surface area contributed by atoms with Crippen molar-refractivity contribution in [2.75, 3.05) is 19.8 Å². The second kappa shape index (κ2) is 7.13. The van der Waals surface area contributed by atoms with Gasteiger partial charge in [0, 0.05) is 0 Å². The molecule has 94 valence electrons. The van der Waals surface area contributed by atoms with E-state index in [0.29, 0.717) is 0 Å². The van der Waals surface area contributed by atoms with Crippen LogP contribution >= 0.6 is 8.58 Å². The normalized spacial score (nSPS) is 25.5. The molecule has 1 fully saturated rings. The summed E-state index contributed by atoms with van der Waals surface area (Å²) in [6.45, 7) is 1.22. The van der Waals surface area contributed by atoms with Gasteiger partial charge in [-0.25, -0.2) is 0 Å². The van der Waals surface area contributed by atoms with E-state index in [1.165, 1.54) is 43.7 Å². The summed E-state index contributed by atoms with van der Waals surface area (Å²) in [4.78, 5) is 0. The molecule has 0 spiro atoms. The molecule has 0 heterocycles. The highest BCUT2D eigenvalue weighted by molar-refractivity contribution is 7.47. The molecule has 1 nitrogen and oxygen atoms in total. The van der Waals surface area contributed by atoms with Crippen molar-refractivity contribution in [3.05, 3.63) is 30.3 Å². The van der Waals surface area contributed by atoms with Crippen molar-refractivity contribution in [2.24, 2.45) is 11.8 Å². The third-order valence-corrected chi connectivity index (χ3v) is 5.35. The number of rotatable bonds is 5. The van der Waals surface area contributed by atoms with E-state index in [4.69, 9.17) is 0 Å². The van der Waals surface area contributed by atoms with Crippen LogP contribution in [-0.4, -0.2) is 19.8 Å². The molecule has 1 unspecified atom stereocenters. The quantitative estimate of drug-likeness (QED) is 0.791. The van der Waals surface area contributed by atoms with Crippen molar-refractivity contribution in [3.8, 4) is 0 Å². The molecule has 0 radical (unpaired) electrons. The lowest BCUT2D eigenvalue weighted by molar-refractivity contribution is 0.289. The largest absolute Gasteiger partial charge is 0.319 e. The number of nitrogens with one attached hydrogen (secondary N) is 1. The molecule has 1 saturated carbocycles. The third-order valence-electron chi connectivity index (χ3n) is 3.83. The van der Waals surface area contributed by atoms with Crippen molar-refractivity contribution >= 4 is 13.9 Å². The van der Waals surface area contributed by atoms with Gasteiger partial charge in [0.15, 0.2) is 0 Å². The first kappa shape index (κ1) is 13.1. The lowest BCUT2D eigenvalue weighted by Gasteiger charge is -2.28. The molecule has 1 aromatic carbocycles. The maximum absolute atomic E-state index is 3.31. The van der Waals surface area contributed by atoms with Gasteiger partial charge in [0.1, 0.15) is 0 Å². The zero-order chi connectivity index (χ0) is 11.9. The van der Waals surface area contributed by atoms with Crippen LogP contribution in [0.3, 0.4) is 0 Å². The van der Waals surface area contributed by atoms with Crippen LogP contribution in [0.2, 0.25) is 0 Å². The molecule has 0 amide bonds. The van der Waals surface area contributed by atoms with Crippen LogP contribution in [0.15, 0.2) is 30.3 Å². The molecule has 0 bridgehead atoms. The zero-order valence-corrected chi connectivity index (χ0v) is 11.8. The molecule has 17 heavy (non-hydrogen) atoms. The summed E-state index contributed by atoms with van der Waals surface area (Å²) in [5.74, 6) is 1.93. The fourth-order valence-electron chi connectivity index (χ4n) is 2.75. The summed E-state index contributed by atoms with van der Waals surface area (Å²) in [6, 6.07) is 11.0. The van der Waals surface area contributed by atoms with Gasteiger partial charge >= 0.3 is 0 Å². The molecule has 1 atom stereocenters. The Kier molecular flexibility index (Phi) is 5.48. The van der Waals surface area contributed by atoms with Crippen molar-refractivity contribution < 1.29 is 0 Å². The molecule has 1 aromatic rings. The van der Waals surface area contributed by atoms with Gasteiger partial charge in [0.05, 0.1) is 0 Å². The van der Waals surface area contributed by atoms with Crippen LogP contribution in [0.5, 0.6) is 0 Å². The second-order valence-electron chi connectivity index (χ2n) is 5.19. The van der Waals surface area contributed by atoms with Crippen LogP contribution in [0.4, 0.5) is 0 Å². The van der Waals surface area contributed by atoms with E-state index in [2.05, 4.69) is 42.7 Å². The van der Waals surface area contributed by atoms with Crippen LogP contribution < -0.4 is 10.6 Å². The predicted octanol–water partition coefficient (Wildman–Crippen LogP) is 3.02. The first-order valence-corrected chi connectivity index (χ1v) is 8.02. The summed E-state index contributed by atoms with van der Waals surface area (Å²) in [5.41, 5.74) is 0. The number of benzene rings is 1. The van der Waals surface area contributed by atoms with E-state index in [9.17, 15) is 0 Å². The average Bonchev–Trinajstić information content (AvgIpc) is 2.40. The summed E-state index contributed by atoms with van der Waals surface area (Å²) in [7, 11) is 3.09. The lowest BCUT2D eigenvalue weighted by atomic mass is 9.83. The zero-order valence-electron chi connectivity index (χ0n) is 10.8. The monoisotopic (exact) mass is 249 g/mol. The first-order valence-electron chi connectivity index (χ1n) is 6.82. The van der Waals surface area contributed by atoms with Gasteiger partial charge < -0.3 is 5.32 Å². The van der Waals surface area contributed by atoms with Crippen LogP contribution in [0, 0.1) is 11.8 Å². The van der Waals surface area contributed by atoms with Crippen molar-refractivity contribution in [1.29, 1.82) is 0 Å². The summed E-state index contributed by atoms with van der Waals surface area (Å²) < 4.78 is 0.